The van der Waals surface area contributed by atoms with Crippen LogP contribution in [0.3, 0.4) is 0 Å². The van der Waals surface area contributed by atoms with Crippen molar-refractivity contribution < 1.29 is 4.79 Å². The van der Waals surface area contributed by atoms with Crippen LogP contribution in [0, 0.1) is 5.92 Å². The zero-order chi connectivity index (χ0) is 16.2. The van der Waals surface area contributed by atoms with Gasteiger partial charge < -0.3 is 0 Å². The quantitative estimate of drug-likeness (QED) is 0.769. The van der Waals surface area contributed by atoms with Gasteiger partial charge in [-0.3, -0.25) is 10.1 Å². The van der Waals surface area contributed by atoms with Gasteiger partial charge in [0, 0.05) is 5.56 Å². The Morgan fingerprint density at radius 3 is 2.65 bits per heavy atom. The van der Waals surface area contributed by atoms with Crippen molar-refractivity contribution in [3.63, 3.8) is 0 Å². The molecule has 1 atom stereocenters. The van der Waals surface area contributed by atoms with Gasteiger partial charge in [0.1, 0.15) is 5.51 Å². The van der Waals surface area contributed by atoms with Gasteiger partial charge in [-0.15, -0.1) is 20.4 Å². The van der Waals surface area contributed by atoms with Gasteiger partial charge in [0.25, 0.3) is 5.91 Å². The standard InChI is InChI=1S/C14H15N7OS/c1-9(2)11(13(22)16-14-18-15-8-23-14)21-19-12(17-20-21)10-6-4-3-5-7-10/h3-9,11H,1-2H3,(H,16,18,22)/t11-/m0/s1. The Kier molecular flexibility index (Phi) is 4.38. The van der Waals surface area contributed by atoms with Crippen LogP contribution in [0.1, 0.15) is 19.9 Å². The van der Waals surface area contributed by atoms with Crippen LogP contribution in [-0.2, 0) is 4.79 Å². The third-order valence-electron chi connectivity index (χ3n) is 3.20. The molecular formula is C14H15N7OS. The van der Waals surface area contributed by atoms with Gasteiger partial charge in [-0.25, -0.2) is 0 Å². The third kappa shape index (κ3) is 3.39. The molecule has 3 rings (SSSR count). The van der Waals surface area contributed by atoms with Gasteiger partial charge in [0.05, 0.1) is 0 Å². The molecule has 23 heavy (non-hydrogen) atoms. The van der Waals surface area contributed by atoms with E-state index in [1.165, 1.54) is 16.1 Å². The molecule has 0 unspecified atom stereocenters. The van der Waals surface area contributed by atoms with E-state index in [1.807, 2.05) is 44.2 Å². The Bertz CT molecular complexity index is 770. The minimum atomic E-state index is -0.580. The largest absolute Gasteiger partial charge is 0.299 e. The van der Waals surface area contributed by atoms with Crippen LogP contribution in [0.5, 0.6) is 0 Å². The SMILES string of the molecule is CC(C)[C@@H](C(=O)Nc1nncs1)n1nnc(-c2ccccc2)n1. The van der Waals surface area contributed by atoms with Crippen molar-refractivity contribution in [1.29, 1.82) is 0 Å². The second-order valence-electron chi connectivity index (χ2n) is 5.22. The summed E-state index contributed by atoms with van der Waals surface area (Å²) in [4.78, 5) is 13.8. The number of rotatable bonds is 5. The van der Waals surface area contributed by atoms with E-state index in [9.17, 15) is 4.79 Å². The fraction of sp³-hybridized carbons (Fsp3) is 0.286. The summed E-state index contributed by atoms with van der Waals surface area (Å²) in [6.45, 7) is 3.85. The molecule has 0 aliphatic carbocycles. The van der Waals surface area contributed by atoms with Crippen LogP contribution in [0.25, 0.3) is 11.4 Å². The van der Waals surface area contributed by atoms with E-state index in [1.54, 1.807) is 5.51 Å². The highest BCUT2D eigenvalue weighted by molar-refractivity contribution is 7.13. The molecule has 0 saturated heterocycles. The number of carbonyl (C=O) groups is 1. The summed E-state index contributed by atoms with van der Waals surface area (Å²) < 4.78 is 0. The number of hydrogen-bond acceptors (Lipinski definition) is 7. The summed E-state index contributed by atoms with van der Waals surface area (Å²) in [6.07, 6.45) is 0. The van der Waals surface area contributed by atoms with Crippen LogP contribution in [0.4, 0.5) is 5.13 Å². The van der Waals surface area contributed by atoms with Crippen LogP contribution in [0.15, 0.2) is 35.8 Å². The minimum absolute atomic E-state index is 0.0132. The predicted octanol–water partition coefficient (Wildman–Crippen LogP) is 2.03. The Balaban J connectivity index is 1.84. The summed E-state index contributed by atoms with van der Waals surface area (Å²) in [7, 11) is 0. The van der Waals surface area contributed by atoms with Gasteiger partial charge in [-0.05, 0) is 11.1 Å². The lowest BCUT2D eigenvalue weighted by atomic mass is 10.0. The first kappa shape index (κ1) is 15.2. The van der Waals surface area contributed by atoms with E-state index in [0.717, 1.165) is 5.56 Å². The van der Waals surface area contributed by atoms with Crippen molar-refractivity contribution in [3.05, 3.63) is 35.8 Å². The molecule has 1 aromatic carbocycles. The fourth-order valence-electron chi connectivity index (χ4n) is 2.13. The molecular weight excluding hydrogens is 314 g/mol. The molecule has 2 heterocycles. The summed E-state index contributed by atoms with van der Waals surface area (Å²) >= 11 is 1.26. The van der Waals surface area contributed by atoms with E-state index in [4.69, 9.17) is 0 Å². The number of benzene rings is 1. The number of aromatic nitrogens is 6. The second kappa shape index (κ2) is 6.61. The predicted molar refractivity (Wildman–Crippen MR) is 85.7 cm³/mol. The van der Waals surface area contributed by atoms with Crippen molar-refractivity contribution >= 4 is 22.4 Å². The summed E-state index contributed by atoms with van der Waals surface area (Å²) in [5.74, 6) is 0.231. The lowest BCUT2D eigenvalue weighted by Crippen LogP contribution is -2.31. The molecule has 9 heteroatoms. The van der Waals surface area contributed by atoms with Gasteiger partial charge >= 0.3 is 0 Å². The molecule has 118 valence electrons. The fourth-order valence-corrected chi connectivity index (χ4v) is 2.57. The Labute approximate surface area is 136 Å². The van der Waals surface area contributed by atoms with Gasteiger partial charge in [-0.2, -0.15) is 4.80 Å². The Hall–Kier alpha value is -2.68. The van der Waals surface area contributed by atoms with E-state index in [2.05, 4.69) is 30.9 Å². The molecule has 0 spiro atoms. The summed E-state index contributed by atoms with van der Waals surface area (Å²) in [5.41, 5.74) is 2.41. The van der Waals surface area contributed by atoms with Gasteiger partial charge in [0.2, 0.25) is 11.0 Å². The zero-order valence-electron chi connectivity index (χ0n) is 12.6. The molecule has 3 aromatic rings. The molecule has 0 saturated carbocycles. The van der Waals surface area contributed by atoms with E-state index in [0.29, 0.717) is 11.0 Å². The highest BCUT2D eigenvalue weighted by Gasteiger charge is 2.27. The number of nitrogens with zero attached hydrogens (tertiary/aromatic N) is 6. The maximum Gasteiger partial charge on any atom is 0.253 e. The zero-order valence-corrected chi connectivity index (χ0v) is 13.4. The van der Waals surface area contributed by atoms with Gasteiger partial charge in [0.15, 0.2) is 6.04 Å². The average Bonchev–Trinajstić information content (AvgIpc) is 3.20. The Morgan fingerprint density at radius 2 is 2.00 bits per heavy atom. The number of carbonyl (C=O) groups excluding carboxylic acids is 1. The molecule has 0 aliphatic rings. The van der Waals surface area contributed by atoms with E-state index in [-0.39, 0.29) is 11.8 Å². The molecule has 1 amide bonds. The van der Waals surface area contributed by atoms with Crippen LogP contribution >= 0.6 is 11.3 Å². The van der Waals surface area contributed by atoms with Crippen molar-refractivity contribution in [2.24, 2.45) is 5.92 Å². The monoisotopic (exact) mass is 329 g/mol. The maximum atomic E-state index is 12.5. The first-order valence-corrected chi connectivity index (χ1v) is 7.95. The maximum absolute atomic E-state index is 12.5. The molecule has 0 radical (unpaired) electrons. The molecule has 8 nitrogen and oxygen atoms in total. The molecule has 2 aromatic heterocycles. The lowest BCUT2D eigenvalue weighted by molar-refractivity contribution is -0.121. The molecule has 1 N–H and O–H groups in total. The lowest BCUT2D eigenvalue weighted by Gasteiger charge is -2.17. The summed E-state index contributed by atoms with van der Waals surface area (Å²) in [6, 6.07) is 8.93. The first-order chi connectivity index (χ1) is 11.1. The highest BCUT2D eigenvalue weighted by Crippen LogP contribution is 2.21. The van der Waals surface area contributed by atoms with E-state index >= 15 is 0 Å². The van der Waals surface area contributed by atoms with Crippen molar-refractivity contribution in [3.8, 4) is 11.4 Å². The number of nitrogens with one attached hydrogen (secondary N) is 1. The average molecular weight is 329 g/mol. The topological polar surface area (TPSA) is 98.5 Å². The molecule has 0 aliphatic heterocycles. The minimum Gasteiger partial charge on any atom is -0.299 e. The van der Waals surface area contributed by atoms with Crippen molar-refractivity contribution in [2.75, 3.05) is 5.32 Å². The van der Waals surface area contributed by atoms with Crippen molar-refractivity contribution in [1.82, 2.24) is 30.4 Å². The third-order valence-corrected chi connectivity index (χ3v) is 3.81. The van der Waals surface area contributed by atoms with Crippen molar-refractivity contribution in [2.45, 2.75) is 19.9 Å². The smallest absolute Gasteiger partial charge is 0.253 e. The highest BCUT2D eigenvalue weighted by atomic mass is 32.1. The van der Waals surface area contributed by atoms with Crippen LogP contribution < -0.4 is 5.32 Å². The number of hydrogen-bond donors (Lipinski definition) is 1. The van der Waals surface area contributed by atoms with E-state index < -0.39 is 6.04 Å². The normalized spacial score (nSPS) is 12.3. The van der Waals surface area contributed by atoms with Crippen LogP contribution in [0.2, 0.25) is 0 Å². The van der Waals surface area contributed by atoms with Crippen LogP contribution in [-0.4, -0.2) is 36.3 Å². The molecule has 0 bridgehead atoms. The Morgan fingerprint density at radius 1 is 1.22 bits per heavy atom. The number of anilines is 1. The molecule has 0 fully saturated rings. The second-order valence-corrected chi connectivity index (χ2v) is 6.05. The van der Waals surface area contributed by atoms with Gasteiger partial charge in [-0.1, -0.05) is 55.5 Å². The summed E-state index contributed by atoms with van der Waals surface area (Å²) in [5, 5.41) is 23.1. The number of tetrazole rings is 1. The first-order valence-electron chi connectivity index (χ1n) is 7.07. The number of amides is 1.